The molecule has 1 atom stereocenters. The summed E-state index contributed by atoms with van der Waals surface area (Å²) in [4.78, 5) is 12.9. The van der Waals surface area contributed by atoms with Gasteiger partial charge in [-0.3, -0.25) is 4.79 Å². The Morgan fingerprint density at radius 1 is 0.963 bits per heavy atom. The van der Waals surface area contributed by atoms with E-state index in [1.165, 1.54) is 7.05 Å². The SMILES string of the molecule is CN([C@H](C(=O)NCc1ccc2ccccc2c1)c1ccccc1)S(C)(=O)=O. The summed E-state index contributed by atoms with van der Waals surface area (Å²) in [5.41, 5.74) is 1.58. The first-order chi connectivity index (χ1) is 12.9. The summed E-state index contributed by atoms with van der Waals surface area (Å²) in [5, 5.41) is 5.10. The Bertz CT molecular complexity index is 1050. The number of rotatable bonds is 6. The Labute approximate surface area is 159 Å². The number of nitrogens with zero attached hydrogens (tertiary/aromatic N) is 1. The van der Waals surface area contributed by atoms with E-state index >= 15 is 0 Å². The van der Waals surface area contributed by atoms with Gasteiger partial charge in [0, 0.05) is 13.6 Å². The molecule has 3 rings (SSSR count). The van der Waals surface area contributed by atoms with Crippen LogP contribution in [0.4, 0.5) is 0 Å². The normalized spacial score (nSPS) is 12.9. The van der Waals surface area contributed by atoms with Crippen LogP contribution in [0.5, 0.6) is 0 Å². The minimum atomic E-state index is -3.53. The highest BCUT2D eigenvalue weighted by atomic mass is 32.2. The summed E-state index contributed by atoms with van der Waals surface area (Å²) in [6.45, 7) is 0.324. The molecule has 1 amide bonds. The Morgan fingerprint density at radius 3 is 2.26 bits per heavy atom. The van der Waals surface area contributed by atoms with Gasteiger partial charge in [0.25, 0.3) is 0 Å². The van der Waals surface area contributed by atoms with Crippen LogP contribution in [-0.2, 0) is 21.4 Å². The zero-order valence-corrected chi connectivity index (χ0v) is 16.1. The summed E-state index contributed by atoms with van der Waals surface area (Å²) in [7, 11) is -2.12. The van der Waals surface area contributed by atoms with Crippen LogP contribution in [0.15, 0.2) is 72.8 Å². The molecule has 0 unspecified atom stereocenters. The molecule has 0 aromatic heterocycles. The lowest BCUT2D eigenvalue weighted by atomic mass is 10.1. The van der Waals surface area contributed by atoms with Crippen LogP contribution in [0.3, 0.4) is 0 Å². The van der Waals surface area contributed by atoms with Crippen molar-refractivity contribution in [1.29, 1.82) is 0 Å². The number of fused-ring (bicyclic) bond motifs is 1. The fraction of sp³-hybridized carbons (Fsp3) is 0.190. The van der Waals surface area contributed by atoms with Crippen molar-refractivity contribution in [3.05, 3.63) is 83.9 Å². The van der Waals surface area contributed by atoms with E-state index in [4.69, 9.17) is 0 Å². The number of nitrogens with one attached hydrogen (secondary N) is 1. The first kappa shape index (κ1) is 19.1. The average molecular weight is 382 g/mol. The fourth-order valence-electron chi connectivity index (χ4n) is 2.99. The molecule has 0 radical (unpaired) electrons. The Hall–Kier alpha value is -2.70. The monoisotopic (exact) mass is 382 g/mol. The first-order valence-corrected chi connectivity index (χ1v) is 10.4. The van der Waals surface area contributed by atoms with Crippen LogP contribution >= 0.6 is 0 Å². The Kier molecular flexibility index (Phi) is 5.58. The third-order valence-electron chi connectivity index (χ3n) is 4.53. The molecule has 0 aliphatic carbocycles. The third-order valence-corrected chi connectivity index (χ3v) is 5.79. The maximum Gasteiger partial charge on any atom is 0.243 e. The molecule has 3 aromatic carbocycles. The molecule has 1 N–H and O–H groups in total. The van der Waals surface area contributed by atoms with Gasteiger partial charge in [-0.25, -0.2) is 8.42 Å². The van der Waals surface area contributed by atoms with Crippen LogP contribution in [0.25, 0.3) is 10.8 Å². The van der Waals surface area contributed by atoms with Crippen molar-refractivity contribution >= 4 is 26.7 Å². The number of sulfonamides is 1. The molecule has 0 bridgehead atoms. The van der Waals surface area contributed by atoms with Crippen molar-refractivity contribution in [1.82, 2.24) is 9.62 Å². The highest BCUT2D eigenvalue weighted by molar-refractivity contribution is 7.88. The molecular weight excluding hydrogens is 360 g/mol. The van der Waals surface area contributed by atoms with E-state index < -0.39 is 16.1 Å². The lowest BCUT2D eigenvalue weighted by molar-refractivity contribution is -0.124. The topological polar surface area (TPSA) is 66.5 Å². The summed E-state index contributed by atoms with van der Waals surface area (Å²) in [5.74, 6) is -0.359. The highest BCUT2D eigenvalue weighted by Crippen LogP contribution is 2.22. The first-order valence-electron chi connectivity index (χ1n) is 8.59. The van der Waals surface area contributed by atoms with Crippen molar-refractivity contribution in [3.8, 4) is 0 Å². The van der Waals surface area contributed by atoms with E-state index in [1.807, 2.05) is 48.5 Å². The number of amides is 1. The molecule has 6 heteroatoms. The molecule has 0 fully saturated rings. The minimum absolute atomic E-state index is 0.324. The summed E-state index contributed by atoms with van der Waals surface area (Å²) >= 11 is 0. The second-order valence-corrected chi connectivity index (χ2v) is 8.53. The molecule has 0 heterocycles. The quantitative estimate of drug-likeness (QED) is 0.712. The third kappa shape index (κ3) is 4.53. The summed E-state index contributed by atoms with van der Waals surface area (Å²) < 4.78 is 25.1. The van der Waals surface area contributed by atoms with E-state index in [-0.39, 0.29) is 5.91 Å². The average Bonchev–Trinajstić information content (AvgIpc) is 2.66. The number of hydrogen-bond donors (Lipinski definition) is 1. The van der Waals surface area contributed by atoms with Gasteiger partial charge in [-0.2, -0.15) is 4.31 Å². The number of hydrogen-bond acceptors (Lipinski definition) is 3. The van der Waals surface area contributed by atoms with Crippen molar-refractivity contribution in [2.75, 3.05) is 13.3 Å². The van der Waals surface area contributed by atoms with E-state index in [0.29, 0.717) is 12.1 Å². The number of carbonyl (C=O) groups is 1. The predicted octanol–water partition coefficient (Wildman–Crippen LogP) is 3.09. The van der Waals surface area contributed by atoms with E-state index in [0.717, 1.165) is 26.9 Å². The van der Waals surface area contributed by atoms with Crippen LogP contribution in [0.2, 0.25) is 0 Å². The van der Waals surface area contributed by atoms with Gasteiger partial charge in [0.05, 0.1) is 6.26 Å². The molecule has 5 nitrogen and oxygen atoms in total. The fourth-order valence-corrected chi connectivity index (χ4v) is 3.59. The lowest BCUT2D eigenvalue weighted by Gasteiger charge is -2.25. The summed E-state index contributed by atoms with van der Waals surface area (Å²) in [6, 6.07) is 22.0. The largest absolute Gasteiger partial charge is 0.350 e. The van der Waals surface area contributed by atoms with Crippen molar-refractivity contribution < 1.29 is 13.2 Å². The van der Waals surface area contributed by atoms with Crippen molar-refractivity contribution in [3.63, 3.8) is 0 Å². The second-order valence-electron chi connectivity index (χ2n) is 6.49. The zero-order valence-electron chi connectivity index (χ0n) is 15.3. The molecular formula is C21H22N2O3S. The van der Waals surface area contributed by atoms with Gasteiger partial charge in [-0.1, -0.05) is 66.7 Å². The van der Waals surface area contributed by atoms with Crippen LogP contribution in [-0.4, -0.2) is 31.9 Å². The van der Waals surface area contributed by atoms with Gasteiger partial charge in [0.2, 0.25) is 15.9 Å². The molecule has 0 aliphatic rings. The van der Waals surface area contributed by atoms with E-state index in [2.05, 4.69) is 5.32 Å². The molecule has 27 heavy (non-hydrogen) atoms. The molecule has 0 saturated heterocycles. The predicted molar refractivity (Wildman–Crippen MR) is 108 cm³/mol. The smallest absolute Gasteiger partial charge is 0.243 e. The highest BCUT2D eigenvalue weighted by Gasteiger charge is 2.30. The Morgan fingerprint density at radius 2 is 1.59 bits per heavy atom. The number of carbonyl (C=O) groups excluding carboxylic acids is 1. The van der Waals surface area contributed by atoms with Gasteiger partial charge in [-0.15, -0.1) is 0 Å². The summed E-state index contributed by atoms with van der Waals surface area (Å²) in [6.07, 6.45) is 1.10. The van der Waals surface area contributed by atoms with Gasteiger partial charge >= 0.3 is 0 Å². The van der Waals surface area contributed by atoms with E-state index in [9.17, 15) is 13.2 Å². The van der Waals surface area contributed by atoms with Crippen LogP contribution in [0, 0.1) is 0 Å². The molecule has 0 spiro atoms. The number of benzene rings is 3. The van der Waals surface area contributed by atoms with Crippen molar-refractivity contribution in [2.24, 2.45) is 0 Å². The van der Waals surface area contributed by atoms with Crippen molar-refractivity contribution in [2.45, 2.75) is 12.6 Å². The van der Waals surface area contributed by atoms with Gasteiger partial charge in [0.1, 0.15) is 6.04 Å². The van der Waals surface area contributed by atoms with Crippen LogP contribution in [0.1, 0.15) is 17.2 Å². The molecule has 140 valence electrons. The molecule has 3 aromatic rings. The maximum absolute atomic E-state index is 12.9. The zero-order chi connectivity index (χ0) is 19.4. The standard InChI is InChI=1S/C21H22N2O3S/c1-23(27(2,25)26)20(18-9-4-3-5-10-18)21(24)22-15-16-12-13-17-8-6-7-11-19(17)14-16/h3-14,20H,15H2,1-2H3,(H,22,24)/t20-/m0/s1. The van der Waals surface area contributed by atoms with Gasteiger partial charge < -0.3 is 5.32 Å². The molecule has 0 saturated carbocycles. The van der Waals surface area contributed by atoms with Gasteiger partial charge in [-0.05, 0) is 28.0 Å². The maximum atomic E-state index is 12.9. The second kappa shape index (κ2) is 7.90. The van der Waals surface area contributed by atoms with E-state index in [1.54, 1.807) is 24.3 Å². The van der Waals surface area contributed by atoms with Crippen LogP contribution < -0.4 is 5.32 Å². The number of likely N-dealkylation sites (N-methyl/N-ethyl adjacent to an activating group) is 1. The molecule has 0 aliphatic heterocycles. The minimum Gasteiger partial charge on any atom is -0.350 e. The Balaban J connectivity index is 1.81. The lowest BCUT2D eigenvalue weighted by Crippen LogP contribution is -2.41. The van der Waals surface area contributed by atoms with Gasteiger partial charge in [0.15, 0.2) is 0 Å².